The van der Waals surface area contributed by atoms with Gasteiger partial charge in [-0.25, -0.2) is 14.5 Å². The number of aromatic nitrogens is 5. The van der Waals surface area contributed by atoms with Crippen LogP contribution in [0.3, 0.4) is 0 Å². The summed E-state index contributed by atoms with van der Waals surface area (Å²) in [5, 5.41) is 38.3. The number of carboxylic acids is 2. The standard InChI is InChI=1S/C22H25N9O7S3/c23-21-24-12(9-40-21)14(27-38-11-3-1-2-4-11)17(34)25-15-18(35)31-16(20(36)37)10(7-39-19(15)31)8-41-22-26-28-29-30(22)6-5-13(32)33/h9,11,15,19H,1-8H2,(H2,23,24)(H,25,34)(H,32,33)(H,36,37)/b27-14-/t15?,19-/m1/s1. The van der Waals surface area contributed by atoms with E-state index in [1.807, 2.05) is 0 Å². The van der Waals surface area contributed by atoms with E-state index in [-0.39, 0.29) is 52.8 Å². The minimum Gasteiger partial charge on any atom is -0.481 e. The third kappa shape index (κ3) is 6.30. The van der Waals surface area contributed by atoms with Crippen LogP contribution in [0.4, 0.5) is 5.13 Å². The number of nitrogens with two attached hydrogens (primary N) is 1. The van der Waals surface area contributed by atoms with E-state index >= 15 is 0 Å². The molecule has 19 heteroatoms. The summed E-state index contributed by atoms with van der Waals surface area (Å²) < 4.78 is 1.32. The van der Waals surface area contributed by atoms with Gasteiger partial charge in [0.15, 0.2) is 10.8 Å². The van der Waals surface area contributed by atoms with E-state index < -0.39 is 35.2 Å². The van der Waals surface area contributed by atoms with Gasteiger partial charge in [-0.1, -0.05) is 16.9 Å². The fourth-order valence-corrected chi connectivity index (χ4v) is 7.46. The predicted octanol–water partition coefficient (Wildman–Crippen LogP) is 0.381. The van der Waals surface area contributed by atoms with Gasteiger partial charge in [-0.05, 0) is 41.7 Å². The lowest BCUT2D eigenvalue weighted by molar-refractivity contribution is -0.150. The third-order valence-corrected chi connectivity index (χ3v) is 9.58. The first-order chi connectivity index (χ1) is 19.7. The number of β-lactam (4-membered cyclic amide) rings is 1. The van der Waals surface area contributed by atoms with Crippen LogP contribution in [0.15, 0.2) is 27.0 Å². The SMILES string of the molecule is Nc1nc(/C(=N/OC2CCCC2)C(=O)NC2C(=O)N3C(C(=O)O)=C(CSc4nnnn4CCC(=O)O)CS[C@H]23)cs1. The number of fused-ring (bicyclic) bond motifs is 1. The molecule has 2 atom stereocenters. The quantitative estimate of drug-likeness (QED) is 0.108. The Morgan fingerprint density at radius 3 is 2.73 bits per heavy atom. The molecule has 1 saturated carbocycles. The number of carbonyl (C=O) groups is 4. The molecule has 0 spiro atoms. The predicted molar refractivity (Wildman–Crippen MR) is 147 cm³/mol. The maximum Gasteiger partial charge on any atom is 0.352 e. The number of nitrogens with zero attached hydrogens (tertiary/aromatic N) is 7. The number of tetrazole rings is 1. The van der Waals surface area contributed by atoms with Crippen molar-refractivity contribution < 1.29 is 34.2 Å². The number of carboxylic acid groups (broad SMARTS) is 2. The maximum absolute atomic E-state index is 13.3. The molecule has 2 aliphatic heterocycles. The highest BCUT2D eigenvalue weighted by Crippen LogP contribution is 2.41. The van der Waals surface area contributed by atoms with Gasteiger partial charge in [0.1, 0.15) is 28.9 Å². The van der Waals surface area contributed by atoms with Crippen molar-refractivity contribution in [2.75, 3.05) is 17.2 Å². The van der Waals surface area contributed by atoms with Crippen LogP contribution >= 0.6 is 34.9 Å². The molecule has 1 saturated heterocycles. The highest BCUT2D eigenvalue weighted by Gasteiger charge is 2.54. The number of anilines is 1. The van der Waals surface area contributed by atoms with Crippen LogP contribution in [0.2, 0.25) is 0 Å². The second kappa shape index (κ2) is 12.4. The Morgan fingerprint density at radius 1 is 1.27 bits per heavy atom. The fraction of sp³-hybridized carbons (Fsp3) is 0.500. The van der Waals surface area contributed by atoms with Gasteiger partial charge >= 0.3 is 11.9 Å². The Balaban J connectivity index is 1.28. The topological polar surface area (TPSA) is 228 Å². The number of carbonyl (C=O) groups excluding carboxylic acids is 2. The molecule has 0 bridgehead atoms. The van der Waals surface area contributed by atoms with Gasteiger partial charge in [0, 0.05) is 16.9 Å². The van der Waals surface area contributed by atoms with E-state index in [0.717, 1.165) is 53.7 Å². The number of aryl methyl sites for hydroxylation is 1. The van der Waals surface area contributed by atoms with Gasteiger partial charge in [0.2, 0.25) is 5.16 Å². The maximum atomic E-state index is 13.3. The molecular weight excluding hydrogens is 598 g/mol. The molecule has 2 fully saturated rings. The fourth-order valence-electron chi connectivity index (χ4n) is 4.52. The number of thioether (sulfide) groups is 2. The lowest BCUT2D eigenvalue weighted by atomic mass is 10.0. The molecule has 2 amide bonds. The van der Waals surface area contributed by atoms with E-state index in [2.05, 4.69) is 31.0 Å². The second-order valence-electron chi connectivity index (χ2n) is 9.26. The summed E-state index contributed by atoms with van der Waals surface area (Å²) >= 11 is 3.59. The van der Waals surface area contributed by atoms with Crippen LogP contribution in [-0.2, 0) is 30.6 Å². The highest BCUT2D eigenvalue weighted by atomic mass is 32.2. The molecule has 1 aliphatic carbocycles. The number of thiazole rings is 1. The number of amides is 2. The van der Waals surface area contributed by atoms with E-state index in [1.165, 1.54) is 16.4 Å². The van der Waals surface area contributed by atoms with Crippen molar-refractivity contribution in [1.82, 2.24) is 35.4 Å². The van der Waals surface area contributed by atoms with Gasteiger partial charge in [-0.15, -0.1) is 28.2 Å². The molecule has 16 nitrogen and oxygen atoms in total. The first-order valence-corrected chi connectivity index (χ1v) is 15.4. The number of hydrogen-bond acceptors (Lipinski definition) is 14. The number of oxime groups is 1. The second-order valence-corrected chi connectivity index (χ2v) is 12.2. The molecule has 2 aromatic heterocycles. The van der Waals surface area contributed by atoms with Crippen molar-refractivity contribution in [3.63, 3.8) is 0 Å². The van der Waals surface area contributed by atoms with Crippen LogP contribution < -0.4 is 11.1 Å². The smallest absolute Gasteiger partial charge is 0.352 e. The van der Waals surface area contributed by atoms with E-state index in [4.69, 9.17) is 15.7 Å². The number of nitrogens with one attached hydrogen (secondary N) is 1. The average Bonchev–Trinajstić information content (AvgIpc) is 3.71. The minimum absolute atomic E-state index is 0.0583. The summed E-state index contributed by atoms with van der Waals surface area (Å²) in [6.07, 6.45) is 3.40. The molecule has 0 radical (unpaired) electrons. The molecule has 5 rings (SSSR count). The number of hydrogen-bond donors (Lipinski definition) is 4. The summed E-state index contributed by atoms with van der Waals surface area (Å²) in [4.78, 5) is 60.4. The lowest BCUT2D eigenvalue weighted by Gasteiger charge is -2.49. The number of aliphatic carboxylic acids is 2. The number of nitrogen functional groups attached to an aromatic ring is 1. The van der Waals surface area contributed by atoms with Crippen molar-refractivity contribution >= 4 is 69.5 Å². The summed E-state index contributed by atoms with van der Waals surface area (Å²) in [5.41, 5.74) is 6.17. The summed E-state index contributed by atoms with van der Waals surface area (Å²) in [6.45, 7) is 0.0583. The number of rotatable bonds is 12. The largest absolute Gasteiger partial charge is 0.481 e. The van der Waals surface area contributed by atoms with Crippen LogP contribution in [-0.4, -0.2) is 98.8 Å². The monoisotopic (exact) mass is 623 g/mol. The highest BCUT2D eigenvalue weighted by molar-refractivity contribution is 8.01. The van der Waals surface area contributed by atoms with Gasteiger partial charge in [-0.3, -0.25) is 19.3 Å². The molecule has 3 aliphatic rings. The van der Waals surface area contributed by atoms with E-state index in [0.29, 0.717) is 10.7 Å². The molecule has 1 unspecified atom stereocenters. The van der Waals surface area contributed by atoms with Crippen molar-refractivity contribution in [3.8, 4) is 0 Å². The molecule has 218 valence electrons. The summed E-state index contributed by atoms with van der Waals surface area (Å²) in [5.74, 6) is -3.09. The summed E-state index contributed by atoms with van der Waals surface area (Å²) in [6, 6.07) is -0.980. The molecule has 2 aromatic rings. The lowest BCUT2D eigenvalue weighted by Crippen LogP contribution is -2.71. The van der Waals surface area contributed by atoms with Crippen LogP contribution in [0.25, 0.3) is 0 Å². The van der Waals surface area contributed by atoms with E-state index in [9.17, 15) is 24.3 Å². The van der Waals surface area contributed by atoms with Gasteiger partial charge in [0.25, 0.3) is 11.8 Å². The van der Waals surface area contributed by atoms with Crippen molar-refractivity contribution in [3.05, 3.63) is 22.3 Å². The zero-order valence-electron chi connectivity index (χ0n) is 21.3. The van der Waals surface area contributed by atoms with Gasteiger partial charge < -0.3 is 26.1 Å². The van der Waals surface area contributed by atoms with Crippen LogP contribution in [0.1, 0.15) is 37.8 Å². The van der Waals surface area contributed by atoms with Crippen LogP contribution in [0.5, 0.6) is 0 Å². The van der Waals surface area contributed by atoms with Crippen molar-refractivity contribution in [2.24, 2.45) is 5.16 Å². The first kappa shape index (κ1) is 28.8. The van der Waals surface area contributed by atoms with Crippen molar-refractivity contribution in [2.45, 2.75) is 61.3 Å². The molecule has 41 heavy (non-hydrogen) atoms. The van der Waals surface area contributed by atoms with E-state index in [1.54, 1.807) is 5.38 Å². The summed E-state index contributed by atoms with van der Waals surface area (Å²) in [7, 11) is 0. The van der Waals surface area contributed by atoms with Crippen LogP contribution in [0, 0.1) is 0 Å². The Bertz CT molecular complexity index is 1420. The first-order valence-electron chi connectivity index (χ1n) is 12.5. The zero-order valence-corrected chi connectivity index (χ0v) is 23.8. The third-order valence-electron chi connectivity index (χ3n) is 6.52. The van der Waals surface area contributed by atoms with Gasteiger partial charge in [0.05, 0.1) is 13.0 Å². The Morgan fingerprint density at radius 2 is 2.05 bits per heavy atom. The Hall–Kier alpha value is -3.71. The molecule has 5 N–H and O–H groups in total. The van der Waals surface area contributed by atoms with Crippen molar-refractivity contribution in [1.29, 1.82) is 0 Å². The molecular formula is C22H25N9O7S3. The Labute approximate surface area is 244 Å². The normalized spacial score (nSPS) is 21.0. The minimum atomic E-state index is -1.28. The van der Waals surface area contributed by atoms with Gasteiger partial charge in [-0.2, -0.15) is 0 Å². The zero-order chi connectivity index (χ0) is 29.1. The Kier molecular flexibility index (Phi) is 8.74. The average molecular weight is 624 g/mol. The molecule has 4 heterocycles. The molecule has 0 aromatic carbocycles.